The molecule has 3 amide bonds. The van der Waals surface area contributed by atoms with Crippen LogP contribution in [0.4, 0.5) is 0 Å². The van der Waals surface area contributed by atoms with Crippen LogP contribution in [0.1, 0.15) is 51.2 Å². The first-order valence-electron chi connectivity index (χ1n) is 14.3. The first-order chi connectivity index (χ1) is 19.4. The quantitative estimate of drug-likeness (QED) is 0.383. The van der Waals surface area contributed by atoms with Crippen molar-refractivity contribution in [1.82, 2.24) is 15.1 Å². The van der Waals surface area contributed by atoms with Gasteiger partial charge in [0.2, 0.25) is 17.7 Å². The highest BCUT2D eigenvalue weighted by atomic mass is 16.2. The van der Waals surface area contributed by atoms with Crippen molar-refractivity contribution in [1.29, 1.82) is 0 Å². The topological polar surface area (TPSA) is 95.7 Å². The van der Waals surface area contributed by atoms with Gasteiger partial charge in [-0.2, -0.15) is 0 Å². The van der Waals surface area contributed by atoms with Crippen LogP contribution in [0.2, 0.25) is 0 Å². The molecule has 0 saturated carbocycles. The maximum atomic E-state index is 14.5. The highest BCUT2D eigenvalue weighted by Crippen LogP contribution is 2.29. The minimum absolute atomic E-state index is 0.180. The molecule has 41 heavy (non-hydrogen) atoms. The summed E-state index contributed by atoms with van der Waals surface area (Å²) in [5.41, 5.74) is 8.50. The zero-order valence-electron chi connectivity index (χ0n) is 24.8. The van der Waals surface area contributed by atoms with Crippen LogP contribution in [0.3, 0.4) is 0 Å². The summed E-state index contributed by atoms with van der Waals surface area (Å²) in [7, 11) is 1.68. The van der Waals surface area contributed by atoms with Crippen LogP contribution in [0.25, 0.3) is 10.8 Å². The summed E-state index contributed by atoms with van der Waals surface area (Å²) in [6.45, 7) is 8.44. The third-order valence-corrected chi connectivity index (χ3v) is 7.78. The van der Waals surface area contributed by atoms with Gasteiger partial charge in [0.15, 0.2) is 0 Å². The predicted molar refractivity (Wildman–Crippen MR) is 164 cm³/mol. The zero-order valence-corrected chi connectivity index (χ0v) is 24.8. The SMILES string of the molecule is C/C(=C\C(=O)N(C)C(C(=O)N1CCNC(=O)[C@H]1Cc1ccccc1)[C@H](C)c1ccc2ccccc2c1)CC(C)(C)N. The van der Waals surface area contributed by atoms with E-state index in [-0.39, 0.29) is 23.6 Å². The van der Waals surface area contributed by atoms with Crippen molar-refractivity contribution in [3.05, 3.63) is 95.6 Å². The molecule has 1 unspecified atom stereocenters. The van der Waals surface area contributed by atoms with Gasteiger partial charge in [-0.15, -0.1) is 0 Å². The molecule has 1 aliphatic rings. The van der Waals surface area contributed by atoms with Crippen LogP contribution < -0.4 is 11.1 Å². The fourth-order valence-corrected chi connectivity index (χ4v) is 5.80. The number of nitrogens with two attached hydrogens (primary N) is 1. The average molecular weight is 555 g/mol. The van der Waals surface area contributed by atoms with Crippen molar-refractivity contribution in [2.45, 2.75) is 64.1 Å². The number of hydrogen-bond donors (Lipinski definition) is 2. The zero-order chi connectivity index (χ0) is 29.7. The van der Waals surface area contributed by atoms with Crippen molar-refractivity contribution < 1.29 is 14.4 Å². The minimum atomic E-state index is -0.817. The van der Waals surface area contributed by atoms with Gasteiger partial charge in [-0.25, -0.2) is 0 Å². The van der Waals surface area contributed by atoms with E-state index in [2.05, 4.69) is 17.4 Å². The van der Waals surface area contributed by atoms with Crippen LogP contribution in [-0.4, -0.2) is 65.3 Å². The fraction of sp³-hybridized carbons (Fsp3) is 0.382. The molecule has 1 fully saturated rings. The van der Waals surface area contributed by atoms with Crippen LogP contribution in [0, 0.1) is 0 Å². The summed E-state index contributed by atoms with van der Waals surface area (Å²) in [4.78, 5) is 44.4. The molecule has 0 aliphatic carbocycles. The highest BCUT2D eigenvalue weighted by molar-refractivity contribution is 5.96. The number of carbonyl (C=O) groups is 3. The Balaban J connectivity index is 1.71. The summed E-state index contributed by atoms with van der Waals surface area (Å²) < 4.78 is 0. The summed E-state index contributed by atoms with van der Waals surface area (Å²) in [6.07, 6.45) is 2.53. The Morgan fingerprint density at radius 3 is 2.41 bits per heavy atom. The third kappa shape index (κ3) is 7.41. The lowest BCUT2D eigenvalue weighted by atomic mass is 9.88. The van der Waals surface area contributed by atoms with Crippen LogP contribution >= 0.6 is 0 Å². The van der Waals surface area contributed by atoms with Crippen molar-refractivity contribution in [2.24, 2.45) is 5.73 Å². The van der Waals surface area contributed by atoms with Gasteiger partial charge in [-0.3, -0.25) is 14.4 Å². The van der Waals surface area contributed by atoms with E-state index in [1.54, 1.807) is 18.0 Å². The van der Waals surface area contributed by atoms with E-state index in [4.69, 9.17) is 5.73 Å². The van der Waals surface area contributed by atoms with Gasteiger partial charge in [0.05, 0.1) is 0 Å². The second-order valence-corrected chi connectivity index (χ2v) is 12.0. The summed E-state index contributed by atoms with van der Waals surface area (Å²) >= 11 is 0. The molecule has 0 aromatic heterocycles. The van der Waals surface area contributed by atoms with E-state index < -0.39 is 17.6 Å². The van der Waals surface area contributed by atoms with E-state index in [0.717, 1.165) is 27.5 Å². The number of nitrogens with zero attached hydrogens (tertiary/aromatic N) is 2. The molecule has 3 N–H and O–H groups in total. The van der Waals surface area contributed by atoms with E-state index in [1.807, 2.05) is 88.4 Å². The number of likely N-dealkylation sites (N-methyl/N-ethyl adjacent to an activating group) is 1. The van der Waals surface area contributed by atoms with Crippen LogP contribution in [0.5, 0.6) is 0 Å². The number of hydrogen-bond acceptors (Lipinski definition) is 4. The molecular formula is C34H42N4O3. The summed E-state index contributed by atoms with van der Waals surface area (Å²) in [6, 6.07) is 22.5. The summed E-state index contributed by atoms with van der Waals surface area (Å²) in [5, 5.41) is 5.10. The molecule has 1 aliphatic heterocycles. The number of fused-ring (bicyclic) bond motifs is 1. The van der Waals surface area contributed by atoms with Crippen LogP contribution in [-0.2, 0) is 20.8 Å². The van der Waals surface area contributed by atoms with E-state index in [0.29, 0.717) is 25.9 Å². The molecule has 3 aromatic carbocycles. The molecule has 1 heterocycles. The number of benzene rings is 3. The van der Waals surface area contributed by atoms with Crippen molar-refractivity contribution in [3.8, 4) is 0 Å². The summed E-state index contributed by atoms with van der Waals surface area (Å²) in [5.74, 6) is -1.01. The molecule has 4 rings (SSSR count). The molecule has 0 radical (unpaired) electrons. The lowest BCUT2D eigenvalue weighted by molar-refractivity contribution is -0.150. The normalized spacial score (nSPS) is 17.6. The second kappa shape index (κ2) is 12.7. The number of amides is 3. The maximum Gasteiger partial charge on any atom is 0.246 e. The Morgan fingerprint density at radius 2 is 1.73 bits per heavy atom. The van der Waals surface area contributed by atoms with Crippen molar-refractivity contribution >= 4 is 28.5 Å². The van der Waals surface area contributed by atoms with Gasteiger partial charge < -0.3 is 20.9 Å². The van der Waals surface area contributed by atoms with Crippen molar-refractivity contribution in [2.75, 3.05) is 20.1 Å². The molecular weight excluding hydrogens is 512 g/mol. The molecule has 0 bridgehead atoms. The smallest absolute Gasteiger partial charge is 0.246 e. The fourth-order valence-electron chi connectivity index (χ4n) is 5.80. The minimum Gasteiger partial charge on any atom is -0.353 e. The van der Waals surface area contributed by atoms with Crippen molar-refractivity contribution in [3.63, 3.8) is 0 Å². The highest BCUT2D eigenvalue weighted by Gasteiger charge is 2.41. The monoisotopic (exact) mass is 554 g/mol. The molecule has 3 atom stereocenters. The Hall–Kier alpha value is -3.97. The molecule has 1 saturated heterocycles. The van der Waals surface area contributed by atoms with Gasteiger partial charge in [0, 0.05) is 44.1 Å². The predicted octanol–water partition coefficient (Wildman–Crippen LogP) is 4.41. The lowest BCUT2D eigenvalue weighted by Crippen LogP contribution is -2.62. The lowest BCUT2D eigenvalue weighted by Gasteiger charge is -2.41. The van der Waals surface area contributed by atoms with E-state index >= 15 is 0 Å². The Morgan fingerprint density at radius 1 is 1.07 bits per heavy atom. The Kier molecular flexibility index (Phi) is 9.28. The number of rotatable bonds is 9. The van der Waals surface area contributed by atoms with Gasteiger partial charge in [-0.1, -0.05) is 85.3 Å². The molecule has 7 nitrogen and oxygen atoms in total. The van der Waals surface area contributed by atoms with Crippen LogP contribution in [0.15, 0.2) is 84.4 Å². The van der Waals surface area contributed by atoms with E-state index in [1.165, 1.54) is 4.90 Å². The molecule has 0 spiro atoms. The van der Waals surface area contributed by atoms with Gasteiger partial charge in [0.25, 0.3) is 0 Å². The Bertz CT molecular complexity index is 1430. The Labute approximate surface area is 243 Å². The van der Waals surface area contributed by atoms with E-state index in [9.17, 15) is 14.4 Å². The second-order valence-electron chi connectivity index (χ2n) is 12.0. The standard InChI is InChI=1S/C34H42N4O3/c1-23(22-34(3,4)35)19-30(39)37(5)31(24(2)27-16-15-26-13-9-10-14-28(26)21-27)33(41)38-18-17-36-32(40)29(38)20-25-11-7-6-8-12-25/h6-16,19,21,24,29,31H,17-18,20,22,35H2,1-5H3,(H,36,40)/b23-19+/t24-,29-,31?/m1/s1. The first-order valence-corrected chi connectivity index (χ1v) is 14.3. The number of piperazine rings is 1. The third-order valence-electron chi connectivity index (χ3n) is 7.78. The van der Waals surface area contributed by atoms with Gasteiger partial charge in [-0.05, 0) is 49.1 Å². The first kappa shape index (κ1) is 30.0. The van der Waals surface area contributed by atoms with Gasteiger partial charge in [0.1, 0.15) is 12.1 Å². The van der Waals surface area contributed by atoms with Gasteiger partial charge >= 0.3 is 0 Å². The molecule has 216 valence electrons. The molecule has 7 heteroatoms. The number of nitrogens with one attached hydrogen (secondary N) is 1. The molecule has 3 aromatic rings. The largest absolute Gasteiger partial charge is 0.353 e. The maximum absolute atomic E-state index is 14.5. The number of carbonyl (C=O) groups excluding carboxylic acids is 3. The average Bonchev–Trinajstić information content (AvgIpc) is 2.93.